The number of quaternary nitrogens is 2. The molecule has 1 aliphatic carbocycles. The lowest BCUT2D eigenvalue weighted by Crippen LogP contribution is -3.30. The number of carbonyl (C=O) groups excluding carboxylic acids is 2. The highest BCUT2D eigenvalue weighted by atomic mass is 16.2. The first-order valence-corrected chi connectivity index (χ1v) is 11.8. The van der Waals surface area contributed by atoms with Crippen LogP contribution in [0.4, 0.5) is 5.69 Å². The maximum absolute atomic E-state index is 12.8. The summed E-state index contributed by atoms with van der Waals surface area (Å²) >= 11 is 0. The Morgan fingerprint density at radius 1 is 1.10 bits per heavy atom. The van der Waals surface area contributed by atoms with Gasteiger partial charge in [-0.15, -0.1) is 0 Å². The van der Waals surface area contributed by atoms with Gasteiger partial charge in [0.2, 0.25) is 0 Å². The minimum Gasteiger partial charge on any atom is -0.348 e. The molecule has 3 atom stereocenters. The SMILES string of the molecule is CCc1ccccc1NC(=O)C[NH+]1CC[NH+]([C@H](C)C(=O)N[C@@H]2CCCC[C@@H]2C)CC1. The highest BCUT2D eigenvalue weighted by molar-refractivity contribution is 5.92. The van der Waals surface area contributed by atoms with E-state index in [0.29, 0.717) is 18.5 Å². The van der Waals surface area contributed by atoms with Gasteiger partial charge in [0.1, 0.15) is 26.2 Å². The van der Waals surface area contributed by atoms with Crippen LogP contribution in [0.25, 0.3) is 0 Å². The molecule has 1 aliphatic heterocycles. The van der Waals surface area contributed by atoms with E-state index in [9.17, 15) is 9.59 Å². The van der Waals surface area contributed by atoms with Crippen molar-refractivity contribution in [3.8, 4) is 0 Å². The van der Waals surface area contributed by atoms with Crippen molar-refractivity contribution in [3.05, 3.63) is 29.8 Å². The van der Waals surface area contributed by atoms with Crippen LogP contribution in [0.2, 0.25) is 0 Å². The number of hydrogen-bond acceptors (Lipinski definition) is 2. The van der Waals surface area contributed by atoms with Gasteiger partial charge in [-0.25, -0.2) is 0 Å². The molecule has 6 nitrogen and oxygen atoms in total. The average Bonchev–Trinajstić information content (AvgIpc) is 2.75. The minimum atomic E-state index is -0.0223. The van der Waals surface area contributed by atoms with Gasteiger partial charge in [0.25, 0.3) is 11.8 Å². The van der Waals surface area contributed by atoms with Crippen molar-refractivity contribution in [2.24, 2.45) is 5.92 Å². The smallest absolute Gasteiger partial charge is 0.279 e. The Labute approximate surface area is 181 Å². The summed E-state index contributed by atoms with van der Waals surface area (Å²) in [5.74, 6) is 0.857. The number of amides is 2. The lowest BCUT2D eigenvalue weighted by atomic mass is 9.86. The molecule has 0 bridgehead atoms. The number of carbonyl (C=O) groups is 2. The van der Waals surface area contributed by atoms with E-state index in [1.165, 1.54) is 34.6 Å². The van der Waals surface area contributed by atoms with E-state index in [0.717, 1.165) is 44.7 Å². The van der Waals surface area contributed by atoms with Crippen molar-refractivity contribution in [1.29, 1.82) is 0 Å². The van der Waals surface area contributed by atoms with Crippen LogP contribution in [-0.2, 0) is 16.0 Å². The fourth-order valence-electron chi connectivity index (χ4n) is 4.93. The monoisotopic (exact) mass is 416 g/mol. The van der Waals surface area contributed by atoms with Gasteiger partial charge in [-0.3, -0.25) is 9.59 Å². The Morgan fingerprint density at radius 2 is 1.80 bits per heavy atom. The zero-order valence-corrected chi connectivity index (χ0v) is 18.9. The lowest BCUT2D eigenvalue weighted by Gasteiger charge is -2.34. The van der Waals surface area contributed by atoms with Crippen LogP contribution in [0.3, 0.4) is 0 Å². The molecular formula is C24H40N4O2+2. The van der Waals surface area contributed by atoms with E-state index in [-0.39, 0.29) is 17.9 Å². The molecule has 2 aliphatic rings. The predicted octanol–water partition coefficient (Wildman–Crippen LogP) is 0.0543. The molecule has 0 aromatic heterocycles. The van der Waals surface area contributed by atoms with Crippen LogP contribution in [0.5, 0.6) is 0 Å². The summed E-state index contributed by atoms with van der Waals surface area (Å²) in [6.07, 6.45) is 5.76. The van der Waals surface area contributed by atoms with Gasteiger partial charge in [-0.05, 0) is 43.7 Å². The Morgan fingerprint density at radius 3 is 2.50 bits per heavy atom. The van der Waals surface area contributed by atoms with Crippen molar-refractivity contribution in [2.75, 3.05) is 38.0 Å². The van der Waals surface area contributed by atoms with Crippen LogP contribution in [-0.4, -0.2) is 56.6 Å². The molecule has 2 fully saturated rings. The molecule has 6 heteroatoms. The topological polar surface area (TPSA) is 67.1 Å². The Balaban J connectivity index is 1.42. The number of hydrogen-bond donors (Lipinski definition) is 4. The first-order chi connectivity index (χ1) is 14.5. The van der Waals surface area contributed by atoms with Crippen LogP contribution >= 0.6 is 0 Å². The van der Waals surface area contributed by atoms with Gasteiger partial charge in [0, 0.05) is 11.7 Å². The van der Waals surface area contributed by atoms with E-state index in [2.05, 4.69) is 37.5 Å². The molecule has 0 spiro atoms. The Bertz CT molecular complexity index is 715. The summed E-state index contributed by atoms with van der Waals surface area (Å²) in [5.41, 5.74) is 2.10. The normalized spacial score (nSPS) is 27.8. The van der Waals surface area contributed by atoms with Crippen molar-refractivity contribution >= 4 is 17.5 Å². The zero-order valence-electron chi connectivity index (χ0n) is 18.9. The Kier molecular flexibility index (Phi) is 8.28. The van der Waals surface area contributed by atoms with Crippen molar-refractivity contribution in [3.63, 3.8) is 0 Å². The first kappa shape index (κ1) is 22.8. The molecule has 0 radical (unpaired) electrons. The molecule has 1 saturated heterocycles. The third-order valence-corrected chi connectivity index (χ3v) is 7.13. The van der Waals surface area contributed by atoms with Gasteiger partial charge in [0.05, 0.1) is 0 Å². The van der Waals surface area contributed by atoms with E-state index in [4.69, 9.17) is 0 Å². The third-order valence-electron chi connectivity index (χ3n) is 7.13. The summed E-state index contributed by atoms with van der Waals surface area (Å²) in [6, 6.07) is 8.32. The summed E-state index contributed by atoms with van der Waals surface area (Å²) < 4.78 is 0. The molecule has 3 rings (SSSR count). The molecule has 2 amide bonds. The van der Waals surface area contributed by atoms with Crippen LogP contribution in [0, 0.1) is 5.92 Å². The van der Waals surface area contributed by atoms with Gasteiger partial charge >= 0.3 is 0 Å². The lowest BCUT2D eigenvalue weighted by molar-refractivity contribution is -1.01. The van der Waals surface area contributed by atoms with Gasteiger partial charge < -0.3 is 20.4 Å². The molecule has 166 valence electrons. The maximum Gasteiger partial charge on any atom is 0.279 e. The van der Waals surface area contributed by atoms with Gasteiger partial charge in [-0.1, -0.05) is 44.9 Å². The number of rotatable bonds is 7. The van der Waals surface area contributed by atoms with Crippen molar-refractivity contribution < 1.29 is 19.4 Å². The second-order valence-corrected chi connectivity index (χ2v) is 9.24. The molecule has 1 saturated carbocycles. The van der Waals surface area contributed by atoms with Crippen molar-refractivity contribution in [1.82, 2.24) is 5.32 Å². The summed E-state index contributed by atoms with van der Waals surface area (Å²) in [4.78, 5) is 27.9. The number of piperazine rings is 1. The quantitative estimate of drug-likeness (QED) is 0.508. The van der Waals surface area contributed by atoms with Crippen LogP contribution in [0.1, 0.15) is 52.0 Å². The third kappa shape index (κ3) is 6.05. The van der Waals surface area contributed by atoms with E-state index < -0.39 is 0 Å². The zero-order chi connectivity index (χ0) is 21.5. The molecule has 1 aromatic carbocycles. The molecular weight excluding hydrogens is 376 g/mol. The minimum absolute atomic E-state index is 0.0223. The largest absolute Gasteiger partial charge is 0.348 e. The highest BCUT2D eigenvalue weighted by Gasteiger charge is 2.33. The summed E-state index contributed by atoms with van der Waals surface area (Å²) in [5, 5.41) is 6.40. The standard InChI is InChI=1S/C24H38N4O2/c1-4-20-10-6-8-12-22(20)25-23(29)17-27-13-15-28(16-14-27)19(3)24(30)26-21-11-7-5-9-18(21)2/h6,8,10,12,18-19,21H,4-5,7,9,11,13-17H2,1-3H3,(H,25,29)(H,26,30)/p+2/t18-,19+,21+/m0/s1. The number of benzene rings is 1. The number of nitrogens with one attached hydrogen (secondary N) is 4. The van der Waals surface area contributed by atoms with Crippen LogP contribution in [0.15, 0.2) is 24.3 Å². The number of anilines is 1. The van der Waals surface area contributed by atoms with E-state index >= 15 is 0 Å². The highest BCUT2D eigenvalue weighted by Crippen LogP contribution is 2.23. The summed E-state index contributed by atoms with van der Waals surface area (Å²) in [6.45, 7) is 10.6. The molecule has 0 unspecified atom stereocenters. The fraction of sp³-hybridized carbons (Fsp3) is 0.667. The molecule has 1 heterocycles. The maximum atomic E-state index is 12.8. The molecule has 1 aromatic rings. The van der Waals surface area contributed by atoms with Gasteiger partial charge in [-0.2, -0.15) is 0 Å². The predicted molar refractivity (Wildman–Crippen MR) is 120 cm³/mol. The average molecular weight is 417 g/mol. The van der Waals surface area contributed by atoms with E-state index in [1.807, 2.05) is 18.2 Å². The van der Waals surface area contributed by atoms with Crippen LogP contribution < -0.4 is 20.4 Å². The molecule has 4 N–H and O–H groups in total. The number of para-hydroxylation sites is 1. The molecule has 30 heavy (non-hydrogen) atoms. The number of aryl methyl sites for hydroxylation is 1. The van der Waals surface area contributed by atoms with Crippen molar-refractivity contribution in [2.45, 2.75) is 65.0 Å². The van der Waals surface area contributed by atoms with Gasteiger partial charge in [0.15, 0.2) is 12.6 Å². The summed E-state index contributed by atoms with van der Waals surface area (Å²) in [7, 11) is 0. The van der Waals surface area contributed by atoms with E-state index in [1.54, 1.807) is 0 Å². The first-order valence-electron chi connectivity index (χ1n) is 11.8. The second-order valence-electron chi connectivity index (χ2n) is 9.24. The Hall–Kier alpha value is -1.92. The second kappa shape index (κ2) is 10.9. The fourth-order valence-corrected chi connectivity index (χ4v) is 4.93.